The van der Waals surface area contributed by atoms with E-state index in [2.05, 4.69) is 0 Å². The van der Waals surface area contributed by atoms with Crippen molar-refractivity contribution >= 4 is 0 Å². The minimum absolute atomic E-state index is 0.448. The molecule has 1 aromatic heterocycles. The van der Waals surface area contributed by atoms with E-state index >= 15 is 0 Å². The van der Waals surface area contributed by atoms with Crippen LogP contribution in [-0.4, -0.2) is 5.11 Å². The van der Waals surface area contributed by atoms with Crippen LogP contribution in [0.15, 0.2) is 22.8 Å². The Morgan fingerprint density at radius 3 is 2.92 bits per heavy atom. The van der Waals surface area contributed by atoms with Crippen molar-refractivity contribution in [3.8, 4) is 0 Å². The second kappa shape index (κ2) is 2.38. The van der Waals surface area contributed by atoms with Crippen LogP contribution in [-0.2, 0) is 5.60 Å². The number of hydrogen-bond acceptors (Lipinski definition) is 2. The van der Waals surface area contributed by atoms with Crippen LogP contribution in [0.4, 0.5) is 0 Å². The molecule has 13 heavy (non-hydrogen) atoms. The number of aliphatic hydroxyl groups is 1. The Morgan fingerprint density at radius 1 is 1.46 bits per heavy atom. The molecule has 3 atom stereocenters. The molecule has 3 unspecified atom stereocenters. The Labute approximate surface area is 77.6 Å². The van der Waals surface area contributed by atoms with Gasteiger partial charge in [0.05, 0.1) is 6.26 Å². The molecule has 3 rings (SSSR count). The van der Waals surface area contributed by atoms with Gasteiger partial charge < -0.3 is 9.52 Å². The topological polar surface area (TPSA) is 33.4 Å². The zero-order chi connectivity index (χ0) is 8.89. The van der Waals surface area contributed by atoms with Crippen LogP contribution in [0.3, 0.4) is 0 Å². The molecule has 2 bridgehead atoms. The van der Waals surface area contributed by atoms with Gasteiger partial charge in [0.15, 0.2) is 0 Å². The summed E-state index contributed by atoms with van der Waals surface area (Å²) in [5.41, 5.74) is -0.633. The number of fused-ring (bicyclic) bond motifs is 2. The molecule has 70 valence electrons. The highest BCUT2D eigenvalue weighted by Crippen LogP contribution is 2.55. The van der Waals surface area contributed by atoms with Gasteiger partial charge in [-0.15, -0.1) is 0 Å². The Bertz CT molecular complexity index is 304. The first-order valence-electron chi connectivity index (χ1n) is 5.05. The van der Waals surface area contributed by atoms with Gasteiger partial charge in [0.25, 0.3) is 0 Å². The summed E-state index contributed by atoms with van der Waals surface area (Å²) in [6.07, 6.45) is 6.22. The maximum Gasteiger partial charge on any atom is 0.135 e. The monoisotopic (exact) mass is 178 g/mol. The van der Waals surface area contributed by atoms with Crippen molar-refractivity contribution in [3.63, 3.8) is 0 Å². The summed E-state index contributed by atoms with van der Waals surface area (Å²) in [6.45, 7) is 0. The first-order valence-corrected chi connectivity index (χ1v) is 5.05. The van der Waals surface area contributed by atoms with Crippen molar-refractivity contribution in [1.82, 2.24) is 0 Å². The van der Waals surface area contributed by atoms with Gasteiger partial charge in [-0.25, -0.2) is 0 Å². The molecule has 1 heterocycles. The highest BCUT2D eigenvalue weighted by atomic mass is 16.4. The fourth-order valence-electron chi connectivity index (χ4n) is 3.13. The van der Waals surface area contributed by atoms with E-state index in [0.29, 0.717) is 5.92 Å². The SMILES string of the molecule is OC1(c2ccco2)CC2CCC1C2. The van der Waals surface area contributed by atoms with Crippen LogP contribution in [0.2, 0.25) is 0 Å². The van der Waals surface area contributed by atoms with Crippen molar-refractivity contribution in [1.29, 1.82) is 0 Å². The smallest absolute Gasteiger partial charge is 0.135 e. The molecular formula is C11H14O2. The summed E-state index contributed by atoms with van der Waals surface area (Å²) in [5, 5.41) is 10.4. The molecule has 1 aromatic rings. The Balaban J connectivity index is 1.98. The summed E-state index contributed by atoms with van der Waals surface area (Å²) in [6, 6.07) is 3.76. The average molecular weight is 178 g/mol. The van der Waals surface area contributed by atoms with E-state index in [1.165, 1.54) is 19.3 Å². The molecule has 0 amide bonds. The number of rotatable bonds is 1. The second-order valence-electron chi connectivity index (χ2n) is 4.48. The van der Waals surface area contributed by atoms with Gasteiger partial charge in [0, 0.05) is 0 Å². The van der Waals surface area contributed by atoms with Crippen molar-refractivity contribution in [3.05, 3.63) is 24.2 Å². The molecule has 0 aromatic carbocycles. The lowest BCUT2D eigenvalue weighted by atomic mass is 9.82. The summed E-state index contributed by atoms with van der Waals surface area (Å²) in [5.74, 6) is 1.96. The molecule has 0 spiro atoms. The third-order valence-electron chi connectivity index (χ3n) is 3.76. The minimum Gasteiger partial charge on any atom is -0.466 e. The Morgan fingerprint density at radius 2 is 2.38 bits per heavy atom. The van der Waals surface area contributed by atoms with Crippen LogP contribution in [0, 0.1) is 11.8 Å². The zero-order valence-corrected chi connectivity index (χ0v) is 7.57. The van der Waals surface area contributed by atoms with E-state index in [9.17, 15) is 5.11 Å². The van der Waals surface area contributed by atoms with Gasteiger partial charge in [-0.3, -0.25) is 0 Å². The van der Waals surface area contributed by atoms with E-state index in [1.807, 2.05) is 12.1 Å². The average Bonchev–Trinajstić information content (AvgIpc) is 2.79. The van der Waals surface area contributed by atoms with Gasteiger partial charge in [-0.05, 0) is 49.7 Å². The van der Waals surface area contributed by atoms with Gasteiger partial charge in [0.1, 0.15) is 11.4 Å². The third-order valence-corrected chi connectivity index (χ3v) is 3.76. The largest absolute Gasteiger partial charge is 0.466 e. The fraction of sp³-hybridized carbons (Fsp3) is 0.636. The van der Waals surface area contributed by atoms with Gasteiger partial charge in [0.2, 0.25) is 0 Å². The first-order chi connectivity index (χ1) is 6.29. The van der Waals surface area contributed by atoms with Crippen LogP contribution in [0.5, 0.6) is 0 Å². The highest BCUT2D eigenvalue weighted by molar-refractivity contribution is 5.16. The quantitative estimate of drug-likeness (QED) is 0.715. The summed E-state index contributed by atoms with van der Waals surface area (Å²) >= 11 is 0. The van der Waals surface area contributed by atoms with E-state index < -0.39 is 5.60 Å². The molecule has 0 saturated heterocycles. The first kappa shape index (κ1) is 7.63. The molecule has 0 radical (unpaired) electrons. The summed E-state index contributed by atoms with van der Waals surface area (Å²) in [4.78, 5) is 0. The van der Waals surface area contributed by atoms with Crippen LogP contribution < -0.4 is 0 Å². The predicted octanol–water partition coefficient (Wildman–Crippen LogP) is 2.29. The van der Waals surface area contributed by atoms with Crippen molar-refractivity contribution < 1.29 is 9.52 Å². The van der Waals surface area contributed by atoms with Gasteiger partial charge in [-0.1, -0.05) is 0 Å². The van der Waals surface area contributed by atoms with E-state index in [0.717, 1.165) is 18.1 Å². The predicted molar refractivity (Wildman–Crippen MR) is 48.1 cm³/mol. The molecule has 0 aliphatic heterocycles. The Hall–Kier alpha value is -0.760. The molecule has 1 N–H and O–H groups in total. The van der Waals surface area contributed by atoms with E-state index in [1.54, 1.807) is 6.26 Å². The number of furan rings is 1. The fourth-order valence-corrected chi connectivity index (χ4v) is 3.13. The van der Waals surface area contributed by atoms with E-state index in [-0.39, 0.29) is 0 Å². The molecule has 2 nitrogen and oxygen atoms in total. The van der Waals surface area contributed by atoms with Crippen molar-refractivity contribution in [2.45, 2.75) is 31.3 Å². The van der Waals surface area contributed by atoms with Gasteiger partial charge in [-0.2, -0.15) is 0 Å². The molecule has 2 fully saturated rings. The summed E-state index contributed by atoms with van der Waals surface area (Å²) in [7, 11) is 0. The lowest BCUT2D eigenvalue weighted by Gasteiger charge is -2.30. The van der Waals surface area contributed by atoms with Gasteiger partial charge >= 0.3 is 0 Å². The van der Waals surface area contributed by atoms with Crippen molar-refractivity contribution in [2.24, 2.45) is 11.8 Å². The van der Waals surface area contributed by atoms with Crippen LogP contribution >= 0.6 is 0 Å². The van der Waals surface area contributed by atoms with Crippen LogP contribution in [0.1, 0.15) is 31.4 Å². The van der Waals surface area contributed by atoms with Crippen molar-refractivity contribution in [2.75, 3.05) is 0 Å². The zero-order valence-electron chi connectivity index (χ0n) is 7.57. The molecule has 2 heteroatoms. The molecular weight excluding hydrogens is 164 g/mol. The molecule has 2 saturated carbocycles. The lowest BCUT2D eigenvalue weighted by Crippen LogP contribution is -2.31. The van der Waals surface area contributed by atoms with E-state index in [4.69, 9.17) is 4.42 Å². The highest BCUT2D eigenvalue weighted by Gasteiger charge is 2.52. The maximum atomic E-state index is 10.4. The normalized spacial score (nSPS) is 42.8. The second-order valence-corrected chi connectivity index (χ2v) is 4.48. The lowest BCUT2D eigenvalue weighted by molar-refractivity contribution is -0.0367. The standard InChI is InChI=1S/C11H14O2/c12-11(10-2-1-5-13-10)7-8-3-4-9(11)6-8/h1-2,5,8-9,12H,3-4,6-7H2. The van der Waals surface area contributed by atoms with Crippen LogP contribution in [0.25, 0.3) is 0 Å². The number of hydrogen-bond donors (Lipinski definition) is 1. The third kappa shape index (κ3) is 0.923. The molecule has 2 aliphatic carbocycles. The summed E-state index contributed by atoms with van der Waals surface area (Å²) < 4.78 is 5.32. The Kier molecular flexibility index (Phi) is 1.40. The molecule has 2 aliphatic rings. The maximum absolute atomic E-state index is 10.4. The minimum atomic E-state index is -0.633.